The van der Waals surface area contributed by atoms with Gasteiger partial charge in [0, 0.05) is 18.3 Å². The number of hydrogen-bond donors (Lipinski definition) is 2. The number of nitrogens with zero attached hydrogens (tertiary/aromatic N) is 2. The van der Waals surface area contributed by atoms with Crippen LogP contribution in [0.5, 0.6) is 11.5 Å². The molecule has 3 aliphatic rings. The fourth-order valence-corrected chi connectivity index (χ4v) is 3.62. The van der Waals surface area contributed by atoms with Gasteiger partial charge in [-0.05, 0) is 36.4 Å². The van der Waals surface area contributed by atoms with Crippen LogP contribution < -0.4 is 20.5 Å². The number of anilines is 2. The van der Waals surface area contributed by atoms with Crippen LogP contribution in [0.1, 0.15) is 18.1 Å². The predicted octanol–water partition coefficient (Wildman–Crippen LogP) is 1.20. The summed E-state index contributed by atoms with van der Waals surface area (Å²) < 4.78 is 16.7. The maximum atomic E-state index is 11.3. The van der Waals surface area contributed by atoms with E-state index < -0.39 is 6.03 Å². The van der Waals surface area contributed by atoms with E-state index in [0.29, 0.717) is 11.4 Å². The average molecular weight is 350 g/mol. The van der Waals surface area contributed by atoms with Gasteiger partial charge in [0.15, 0.2) is 23.9 Å². The maximum absolute atomic E-state index is 11.3. The Balaban J connectivity index is 1.58. The third kappa shape index (κ3) is 2.10. The number of nitrogens with one attached hydrogen (secondary N) is 1. The number of hydrogen-bond acceptors (Lipinski definition) is 4. The molecule has 1 unspecified atom stereocenters. The van der Waals surface area contributed by atoms with Gasteiger partial charge in [-0.3, -0.25) is 4.79 Å². The molecule has 1 fully saturated rings. The molecule has 7 nitrogen and oxygen atoms in total. The molecule has 2 aromatic carbocycles. The van der Waals surface area contributed by atoms with Crippen LogP contribution in [-0.4, -0.2) is 46.6 Å². The second kappa shape index (κ2) is 5.08. The van der Waals surface area contributed by atoms with E-state index in [1.54, 1.807) is 0 Å². The van der Waals surface area contributed by atoms with Gasteiger partial charge in [0.1, 0.15) is 0 Å². The number of fused-ring (bicyclic) bond motifs is 2. The molecule has 5 rings (SSSR count). The first kappa shape index (κ1) is 14.9. The van der Waals surface area contributed by atoms with Crippen molar-refractivity contribution in [1.29, 1.82) is 0 Å². The van der Waals surface area contributed by atoms with Crippen LogP contribution in [0.4, 0.5) is 11.4 Å². The number of nitrogen functional groups attached to an aromatic ring is 1. The smallest absolute Gasteiger partial charge is 0.399 e. The molecular weight excluding hydrogens is 332 g/mol. The highest BCUT2D eigenvalue weighted by molar-refractivity contribution is 5.91. The summed E-state index contributed by atoms with van der Waals surface area (Å²) in [5.74, 6) is 1.33. The lowest BCUT2D eigenvalue weighted by Crippen LogP contribution is -2.59. The average Bonchev–Trinajstić information content (AvgIpc) is 2.94. The maximum Gasteiger partial charge on any atom is 0.704 e. The molecule has 1 saturated heterocycles. The monoisotopic (exact) mass is 350 g/mol. The second-order valence-electron chi connectivity index (χ2n) is 6.63. The Morgan fingerprint density at radius 2 is 1.65 bits per heavy atom. The highest BCUT2D eigenvalue weighted by Gasteiger charge is 2.68. The largest absolute Gasteiger partial charge is 0.704 e. The standard InChI is InChI=1S/C19H17N4O3/c1-12(24)21-16-3-5-18-14(9-16)11-23-7-6-22-10-13-8-15(20)2-4-17(13)25-19(22,23)26-18/h2-5,8-11H,6-7,20H2,1H3/q+1/p+1. The van der Waals surface area contributed by atoms with Gasteiger partial charge in [-0.15, -0.1) is 0 Å². The van der Waals surface area contributed by atoms with E-state index in [1.165, 1.54) is 6.92 Å². The Hall–Kier alpha value is -3.35. The summed E-state index contributed by atoms with van der Waals surface area (Å²) in [6.07, 6.45) is 4.04. The molecule has 3 aliphatic heterocycles. The van der Waals surface area contributed by atoms with Crippen molar-refractivity contribution in [2.24, 2.45) is 0 Å². The first-order valence-corrected chi connectivity index (χ1v) is 8.46. The molecule has 2 aromatic rings. The number of ether oxygens (including phenoxy) is 2. The van der Waals surface area contributed by atoms with E-state index in [2.05, 4.69) is 5.32 Å². The molecular formula is C19H18N4O3+2. The highest BCUT2D eigenvalue weighted by atomic mass is 16.7. The lowest BCUT2D eigenvalue weighted by atomic mass is 10.1. The molecule has 3 heterocycles. The lowest BCUT2D eigenvalue weighted by molar-refractivity contribution is -0.855. The van der Waals surface area contributed by atoms with Gasteiger partial charge < -0.3 is 20.5 Å². The van der Waals surface area contributed by atoms with Crippen LogP contribution in [0.15, 0.2) is 36.4 Å². The number of benzene rings is 2. The highest BCUT2D eigenvalue weighted by Crippen LogP contribution is 2.37. The van der Waals surface area contributed by atoms with E-state index in [-0.39, 0.29) is 5.91 Å². The summed E-state index contributed by atoms with van der Waals surface area (Å²) in [6.45, 7) is 3.00. The summed E-state index contributed by atoms with van der Waals surface area (Å²) in [6, 6.07) is 10.1. The normalized spacial score (nSPS) is 21.7. The Morgan fingerprint density at radius 3 is 2.31 bits per heavy atom. The molecule has 0 saturated carbocycles. The van der Waals surface area contributed by atoms with Crippen molar-refractivity contribution in [2.75, 3.05) is 24.1 Å². The van der Waals surface area contributed by atoms with Crippen molar-refractivity contribution < 1.29 is 23.4 Å². The zero-order valence-corrected chi connectivity index (χ0v) is 14.2. The fraction of sp³-hybridized carbons (Fsp3) is 0.211. The van der Waals surface area contributed by atoms with Gasteiger partial charge in [-0.25, -0.2) is 0 Å². The van der Waals surface area contributed by atoms with Crippen LogP contribution in [0.25, 0.3) is 0 Å². The molecule has 3 N–H and O–H groups in total. The van der Waals surface area contributed by atoms with Crippen LogP contribution in [0.3, 0.4) is 0 Å². The van der Waals surface area contributed by atoms with Crippen molar-refractivity contribution in [2.45, 2.75) is 13.0 Å². The quantitative estimate of drug-likeness (QED) is 0.598. The lowest BCUT2D eigenvalue weighted by Gasteiger charge is -2.27. The summed E-state index contributed by atoms with van der Waals surface area (Å²) in [5, 5.41) is 2.79. The molecule has 7 heteroatoms. The summed E-state index contributed by atoms with van der Waals surface area (Å²) >= 11 is 0. The van der Waals surface area contributed by atoms with Crippen molar-refractivity contribution >= 4 is 29.7 Å². The minimum absolute atomic E-state index is 0.105. The molecule has 1 spiro atoms. The van der Waals surface area contributed by atoms with Gasteiger partial charge in [0.2, 0.25) is 19.0 Å². The molecule has 0 bridgehead atoms. The van der Waals surface area contributed by atoms with Crippen molar-refractivity contribution in [3.63, 3.8) is 0 Å². The first-order chi connectivity index (χ1) is 12.5. The number of nitrogens with two attached hydrogens (primary N) is 1. The number of carbonyl (C=O) groups excluding carboxylic acids is 1. The third-order valence-corrected chi connectivity index (χ3v) is 4.75. The van der Waals surface area contributed by atoms with E-state index in [4.69, 9.17) is 15.2 Å². The zero-order valence-electron chi connectivity index (χ0n) is 14.2. The van der Waals surface area contributed by atoms with Gasteiger partial charge in [-0.1, -0.05) is 9.15 Å². The van der Waals surface area contributed by atoms with E-state index in [1.807, 2.05) is 58.0 Å². The van der Waals surface area contributed by atoms with Gasteiger partial charge >= 0.3 is 6.03 Å². The SMILES string of the molecule is CC(=O)Nc1ccc2c(c1)C=[N+]1CC[N+]3=Cc4cc(N)ccc4OC31O2. The third-order valence-electron chi connectivity index (χ3n) is 4.75. The molecule has 0 aliphatic carbocycles. The van der Waals surface area contributed by atoms with E-state index in [0.717, 1.165) is 35.7 Å². The van der Waals surface area contributed by atoms with Crippen LogP contribution >= 0.6 is 0 Å². The Bertz CT molecular complexity index is 1030. The molecule has 1 atom stereocenters. The predicted molar refractivity (Wildman–Crippen MR) is 96.2 cm³/mol. The zero-order chi connectivity index (χ0) is 17.9. The van der Waals surface area contributed by atoms with Gasteiger partial charge in [0.25, 0.3) is 0 Å². The van der Waals surface area contributed by atoms with E-state index >= 15 is 0 Å². The summed E-state index contributed by atoms with van der Waals surface area (Å²) in [7, 11) is 0. The van der Waals surface area contributed by atoms with Crippen LogP contribution in [0, 0.1) is 0 Å². The van der Waals surface area contributed by atoms with Crippen LogP contribution in [-0.2, 0) is 4.79 Å². The van der Waals surface area contributed by atoms with E-state index in [9.17, 15) is 4.79 Å². The molecule has 130 valence electrons. The molecule has 1 amide bonds. The first-order valence-electron chi connectivity index (χ1n) is 8.46. The number of rotatable bonds is 1. The minimum atomic E-state index is -1.02. The topological polar surface area (TPSA) is 79.6 Å². The minimum Gasteiger partial charge on any atom is -0.399 e. The molecule has 0 radical (unpaired) electrons. The number of carbonyl (C=O) groups is 1. The van der Waals surface area contributed by atoms with Gasteiger partial charge in [-0.2, -0.15) is 0 Å². The van der Waals surface area contributed by atoms with Crippen molar-refractivity contribution in [3.05, 3.63) is 47.5 Å². The molecule has 26 heavy (non-hydrogen) atoms. The van der Waals surface area contributed by atoms with Gasteiger partial charge in [0.05, 0.1) is 11.1 Å². The summed E-state index contributed by atoms with van der Waals surface area (Å²) in [4.78, 5) is 11.3. The molecule has 0 aromatic heterocycles. The Kier molecular flexibility index (Phi) is 2.92. The van der Waals surface area contributed by atoms with Crippen molar-refractivity contribution in [1.82, 2.24) is 0 Å². The van der Waals surface area contributed by atoms with Crippen LogP contribution in [0.2, 0.25) is 0 Å². The summed E-state index contributed by atoms with van der Waals surface area (Å²) in [5.41, 5.74) is 9.16. The fourth-order valence-electron chi connectivity index (χ4n) is 3.62. The van der Waals surface area contributed by atoms with Crippen molar-refractivity contribution in [3.8, 4) is 11.5 Å². The Labute approximate surface area is 150 Å². The Morgan fingerprint density at radius 1 is 1.04 bits per heavy atom. The number of amides is 1. The second-order valence-corrected chi connectivity index (χ2v) is 6.63.